The van der Waals surface area contributed by atoms with Gasteiger partial charge in [0.1, 0.15) is 10.7 Å². The van der Waals surface area contributed by atoms with Gasteiger partial charge in [-0.05, 0) is 31.8 Å². The van der Waals surface area contributed by atoms with E-state index in [1.165, 1.54) is 13.1 Å². The average molecular weight is 232 g/mol. The van der Waals surface area contributed by atoms with Crippen LogP contribution in [0.25, 0.3) is 0 Å². The second-order valence-electron chi connectivity index (χ2n) is 3.00. The van der Waals surface area contributed by atoms with E-state index in [9.17, 15) is 12.8 Å². The lowest BCUT2D eigenvalue weighted by Crippen LogP contribution is -2.20. The lowest BCUT2D eigenvalue weighted by molar-refractivity contribution is 0.560. The third kappa shape index (κ3) is 2.74. The number of nitrogens with one attached hydrogen (secondary N) is 2. The third-order valence-corrected chi connectivity index (χ3v) is 3.36. The van der Waals surface area contributed by atoms with Crippen molar-refractivity contribution in [3.05, 3.63) is 29.6 Å². The molecule has 0 aromatic heterocycles. The van der Waals surface area contributed by atoms with E-state index >= 15 is 0 Å². The van der Waals surface area contributed by atoms with Crippen LogP contribution >= 0.6 is 0 Å². The van der Waals surface area contributed by atoms with Crippen LogP contribution < -0.4 is 10.0 Å². The first-order chi connectivity index (χ1) is 7.01. The molecule has 1 aromatic rings. The molecule has 0 bridgehead atoms. The van der Waals surface area contributed by atoms with Crippen LogP contribution in [0.5, 0.6) is 0 Å². The lowest BCUT2D eigenvalue weighted by atomic mass is 10.2. The Bertz CT molecular complexity index is 445. The van der Waals surface area contributed by atoms with E-state index in [-0.39, 0.29) is 4.90 Å². The minimum absolute atomic E-state index is 0.322. The van der Waals surface area contributed by atoms with Crippen molar-refractivity contribution in [2.24, 2.45) is 0 Å². The Kier molecular flexibility index (Phi) is 3.78. The minimum Gasteiger partial charge on any atom is -0.316 e. The van der Waals surface area contributed by atoms with Gasteiger partial charge in [-0.1, -0.05) is 6.07 Å². The van der Waals surface area contributed by atoms with Crippen molar-refractivity contribution in [3.8, 4) is 0 Å². The summed E-state index contributed by atoms with van der Waals surface area (Å²) in [6, 6.07) is 4.01. The van der Waals surface area contributed by atoms with E-state index < -0.39 is 15.8 Å². The number of hydrogen-bond acceptors (Lipinski definition) is 3. The van der Waals surface area contributed by atoms with Crippen LogP contribution in [0.1, 0.15) is 5.56 Å². The van der Waals surface area contributed by atoms with Gasteiger partial charge in [-0.15, -0.1) is 0 Å². The molecular weight excluding hydrogens is 219 g/mol. The van der Waals surface area contributed by atoms with Crippen LogP contribution in [0.3, 0.4) is 0 Å². The highest BCUT2D eigenvalue weighted by atomic mass is 32.2. The molecule has 0 radical (unpaired) electrons. The largest absolute Gasteiger partial charge is 0.316 e. The van der Waals surface area contributed by atoms with Crippen LogP contribution in [0.4, 0.5) is 4.39 Å². The fraction of sp³-hybridized carbons (Fsp3) is 0.333. The highest BCUT2D eigenvalue weighted by molar-refractivity contribution is 7.89. The van der Waals surface area contributed by atoms with Gasteiger partial charge in [0, 0.05) is 6.54 Å². The van der Waals surface area contributed by atoms with Crippen molar-refractivity contribution in [2.45, 2.75) is 11.4 Å². The van der Waals surface area contributed by atoms with Gasteiger partial charge in [0.2, 0.25) is 10.0 Å². The molecule has 2 N–H and O–H groups in total. The summed E-state index contributed by atoms with van der Waals surface area (Å²) < 4.78 is 38.1. The highest BCUT2D eigenvalue weighted by Gasteiger charge is 2.17. The Morgan fingerprint density at radius 3 is 2.53 bits per heavy atom. The predicted molar refractivity (Wildman–Crippen MR) is 55.4 cm³/mol. The van der Waals surface area contributed by atoms with Gasteiger partial charge in [0.15, 0.2) is 0 Å². The topological polar surface area (TPSA) is 58.2 Å². The Morgan fingerprint density at radius 1 is 1.33 bits per heavy atom. The summed E-state index contributed by atoms with van der Waals surface area (Å²) in [5.41, 5.74) is 0.715. The van der Waals surface area contributed by atoms with Gasteiger partial charge in [0.25, 0.3) is 0 Å². The fourth-order valence-corrected chi connectivity index (χ4v) is 2.03. The van der Waals surface area contributed by atoms with Crippen LogP contribution in [0.15, 0.2) is 23.1 Å². The molecule has 0 atom stereocenters. The zero-order chi connectivity index (χ0) is 11.5. The summed E-state index contributed by atoms with van der Waals surface area (Å²) in [5, 5.41) is 2.86. The first-order valence-electron chi connectivity index (χ1n) is 4.38. The molecule has 0 spiro atoms. The Morgan fingerprint density at radius 2 is 2.00 bits per heavy atom. The Hall–Kier alpha value is -0.980. The Balaban J connectivity index is 3.23. The first-order valence-corrected chi connectivity index (χ1v) is 5.86. The van der Waals surface area contributed by atoms with Gasteiger partial charge < -0.3 is 5.32 Å². The van der Waals surface area contributed by atoms with Gasteiger partial charge in [0.05, 0.1) is 0 Å². The van der Waals surface area contributed by atoms with Crippen molar-refractivity contribution in [1.29, 1.82) is 0 Å². The molecule has 0 aliphatic heterocycles. The number of sulfonamides is 1. The smallest absolute Gasteiger partial charge is 0.243 e. The molecule has 0 amide bonds. The third-order valence-electron chi connectivity index (χ3n) is 1.93. The summed E-state index contributed by atoms with van der Waals surface area (Å²) in [7, 11) is -0.741. The lowest BCUT2D eigenvalue weighted by Gasteiger charge is -2.06. The SMILES string of the molecule is CNCc1ccc(F)c(S(=O)(=O)NC)c1. The zero-order valence-corrected chi connectivity index (χ0v) is 9.36. The van der Waals surface area contributed by atoms with Crippen molar-refractivity contribution in [2.75, 3.05) is 14.1 Å². The summed E-state index contributed by atoms with van der Waals surface area (Å²) in [4.78, 5) is -0.322. The predicted octanol–water partition coefficient (Wildman–Crippen LogP) is 0.453. The van der Waals surface area contributed by atoms with E-state index in [1.807, 2.05) is 0 Å². The van der Waals surface area contributed by atoms with Crippen LogP contribution in [-0.4, -0.2) is 22.5 Å². The van der Waals surface area contributed by atoms with Gasteiger partial charge in [-0.3, -0.25) is 0 Å². The molecule has 4 nitrogen and oxygen atoms in total. The maximum absolute atomic E-state index is 13.3. The van der Waals surface area contributed by atoms with Gasteiger partial charge >= 0.3 is 0 Å². The molecule has 1 rings (SSSR count). The highest BCUT2D eigenvalue weighted by Crippen LogP contribution is 2.15. The molecule has 84 valence electrons. The summed E-state index contributed by atoms with van der Waals surface area (Å²) in [5.74, 6) is -0.746. The van der Waals surface area contributed by atoms with Gasteiger partial charge in [-0.25, -0.2) is 17.5 Å². The molecule has 0 heterocycles. The maximum Gasteiger partial charge on any atom is 0.243 e. The molecule has 0 saturated heterocycles. The van der Waals surface area contributed by atoms with Crippen LogP contribution in [0.2, 0.25) is 0 Å². The summed E-state index contributed by atoms with van der Waals surface area (Å²) in [6.45, 7) is 0.493. The van der Waals surface area contributed by atoms with E-state index in [0.29, 0.717) is 12.1 Å². The zero-order valence-electron chi connectivity index (χ0n) is 8.54. The molecule has 0 aliphatic carbocycles. The fourth-order valence-electron chi connectivity index (χ4n) is 1.18. The molecule has 0 unspecified atom stereocenters. The van der Waals surface area contributed by atoms with E-state index in [1.54, 1.807) is 13.1 Å². The van der Waals surface area contributed by atoms with Crippen molar-refractivity contribution in [3.63, 3.8) is 0 Å². The molecule has 0 aliphatic rings. The second-order valence-corrected chi connectivity index (χ2v) is 4.86. The van der Waals surface area contributed by atoms with E-state index in [0.717, 1.165) is 6.07 Å². The molecule has 1 aromatic carbocycles. The summed E-state index contributed by atoms with van der Waals surface area (Å²) >= 11 is 0. The van der Waals surface area contributed by atoms with Crippen LogP contribution in [0, 0.1) is 5.82 Å². The van der Waals surface area contributed by atoms with Gasteiger partial charge in [-0.2, -0.15) is 0 Å². The average Bonchev–Trinajstić information content (AvgIpc) is 2.21. The molecule has 6 heteroatoms. The molecule has 0 fully saturated rings. The van der Waals surface area contributed by atoms with Crippen molar-refractivity contribution >= 4 is 10.0 Å². The second kappa shape index (κ2) is 4.69. The number of benzene rings is 1. The maximum atomic E-state index is 13.3. The minimum atomic E-state index is -3.72. The van der Waals surface area contributed by atoms with Crippen molar-refractivity contribution < 1.29 is 12.8 Å². The molecule has 15 heavy (non-hydrogen) atoms. The quantitative estimate of drug-likeness (QED) is 0.792. The number of hydrogen-bond donors (Lipinski definition) is 2. The number of rotatable bonds is 4. The van der Waals surface area contributed by atoms with E-state index in [2.05, 4.69) is 10.0 Å². The van der Waals surface area contributed by atoms with Crippen LogP contribution in [-0.2, 0) is 16.6 Å². The van der Waals surface area contributed by atoms with Crippen molar-refractivity contribution in [1.82, 2.24) is 10.0 Å². The number of halogens is 1. The monoisotopic (exact) mass is 232 g/mol. The molecule has 0 saturated carbocycles. The standard InChI is InChI=1S/C9H13FN2O2S/c1-11-6-7-3-4-8(10)9(5-7)15(13,14)12-2/h3-5,11-12H,6H2,1-2H3. The summed E-state index contributed by atoms with van der Waals surface area (Å²) in [6.07, 6.45) is 0. The Labute approximate surface area is 88.6 Å². The normalized spacial score (nSPS) is 11.7. The molecular formula is C9H13FN2O2S. The first kappa shape index (κ1) is 12.1. The van der Waals surface area contributed by atoms with E-state index in [4.69, 9.17) is 0 Å².